The zero-order valence-electron chi connectivity index (χ0n) is 27.5. The van der Waals surface area contributed by atoms with E-state index in [9.17, 15) is 20.2 Å². The molecule has 1 amide bonds. The van der Waals surface area contributed by atoms with E-state index in [0.717, 1.165) is 24.0 Å². The molecule has 0 aliphatic heterocycles. The first-order valence-electron chi connectivity index (χ1n) is 14.8. The van der Waals surface area contributed by atoms with E-state index in [4.69, 9.17) is 23.7 Å². The predicted molar refractivity (Wildman–Crippen MR) is 168 cm³/mol. The summed E-state index contributed by atoms with van der Waals surface area (Å²) in [5.74, 6) is 1.93. The second-order valence-electron chi connectivity index (χ2n) is 10.8. The summed E-state index contributed by atoms with van der Waals surface area (Å²) >= 11 is 0. The minimum atomic E-state index is -0.900. The Labute approximate surface area is 265 Å². The number of hydrogen-bond acceptors (Lipinski definition) is 11. The van der Waals surface area contributed by atoms with E-state index in [1.54, 1.807) is 27.4 Å². The van der Waals surface area contributed by atoms with Crippen LogP contribution in [0.4, 0.5) is 0 Å². The van der Waals surface area contributed by atoms with Gasteiger partial charge in [0.1, 0.15) is 6.10 Å². The second-order valence-corrected chi connectivity index (χ2v) is 10.8. The highest BCUT2D eigenvalue weighted by Gasteiger charge is 2.33. The van der Waals surface area contributed by atoms with Crippen molar-refractivity contribution in [1.29, 1.82) is 5.26 Å². The maximum atomic E-state index is 12.3. The van der Waals surface area contributed by atoms with Crippen LogP contribution in [0.3, 0.4) is 0 Å². The van der Waals surface area contributed by atoms with Gasteiger partial charge >= 0.3 is 0 Å². The fourth-order valence-corrected chi connectivity index (χ4v) is 5.15. The molecule has 0 aromatic heterocycles. The summed E-state index contributed by atoms with van der Waals surface area (Å²) in [5.41, 5.74) is 1.05. The van der Waals surface area contributed by atoms with Crippen molar-refractivity contribution in [3.05, 3.63) is 51.6 Å². The Hall–Kier alpha value is -4.44. The van der Waals surface area contributed by atoms with E-state index < -0.39 is 22.5 Å². The molecule has 0 saturated heterocycles. The van der Waals surface area contributed by atoms with E-state index in [0.29, 0.717) is 48.1 Å². The van der Waals surface area contributed by atoms with Crippen molar-refractivity contribution >= 4 is 5.91 Å². The number of rotatable bonds is 20. The molecule has 0 fully saturated rings. The lowest BCUT2D eigenvalue weighted by Gasteiger charge is -2.30. The summed E-state index contributed by atoms with van der Waals surface area (Å²) in [6.07, 6.45) is 2.10. The first-order chi connectivity index (χ1) is 21.5. The van der Waals surface area contributed by atoms with E-state index in [1.165, 1.54) is 14.0 Å². The van der Waals surface area contributed by atoms with Gasteiger partial charge in [-0.25, -0.2) is 0 Å². The molecule has 0 aliphatic carbocycles. The molecule has 0 spiro atoms. The van der Waals surface area contributed by atoms with Crippen molar-refractivity contribution in [2.24, 2.45) is 0 Å². The third kappa shape index (κ3) is 10.0. The van der Waals surface area contributed by atoms with Crippen LogP contribution < -0.4 is 29.0 Å². The van der Waals surface area contributed by atoms with Crippen molar-refractivity contribution in [2.45, 2.75) is 64.0 Å². The maximum absolute atomic E-state index is 12.3. The van der Waals surface area contributed by atoms with E-state index in [1.807, 2.05) is 31.3 Å². The van der Waals surface area contributed by atoms with Crippen LogP contribution in [0, 0.1) is 21.4 Å². The Morgan fingerprint density at radius 3 is 2.20 bits per heavy atom. The van der Waals surface area contributed by atoms with Gasteiger partial charge in [-0.05, 0) is 82.1 Å². The number of carbonyl (C=O) groups excluding carboxylic acids is 1. The molecule has 0 bridgehead atoms. The summed E-state index contributed by atoms with van der Waals surface area (Å²) in [6.45, 7) is 5.99. The highest BCUT2D eigenvalue weighted by molar-refractivity contribution is 5.77. The Morgan fingerprint density at radius 1 is 1.02 bits per heavy atom. The molecule has 0 aliphatic rings. The number of amides is 1. The minimum absolute atomic E-state index is 0.0176. The lowest BCUT2D eigenvalue weighted by molar-refractivity contribution is -0.767. The van der Waals surface area contributed by atoms with Gasteiger partial charge in [0.2, 0.25) is 5.75 Å². The number of methoxy groups -OCH3 is 4. The highest BCUT2D eigenvalue weighted by atomic mass is 17.0. The van der Waals surface area contributed by atoms with Crippen LogP contribution >= 0.6 is 0 Å². The molecule has 2 aromatic rings. The number of carbonyl (C=O) groups is 1. The number of nitrogens with one attached hydrogen (secondary N) is 1. The van der Waals surface area contributed by atoms with Crippen molar-refractivity contribution in [3.8, 4) is 34.8 Å². The van der Waals surface area contributed by atoms with Gasteiger partial charge in [-0.3, -0.25) is 9.69 Å². The average molecular weight is 631 g/mol. The van der Waals surface area contributed by atoms with Crippen LogP contribution in [-0.2, 0) is 15.0 Å². The van der Waals surface area contributed by atoms with Gasteiger partial charge in [0.05, 0.1) is 39.9 Å². The van der Waals surface area contributed by atoms with Crippen LogP contribution in [0.2, 0.25) is 0 Å². The third-order valence-corrected chi connectivity index (χ3v) is 7.77. The standard InChI is InChI=1S/C32H46N4O9/c1-9-13-32(21-33,25-17-28(41-6)31(43-8)29(18-25)42-7)14-10-15-35(4)23(3)24-11-12-26(40-5)27(16-24)44-20-30(37)34-19-22(2)45-36(38)39/h11-12,16-18,22-23H,9-10,13-15,19-20H2,1-8H3,(H,34,37). The molecule has 0 saturated carbocycles. The summed E-state index contributed by atoms with van der Waals surface area (Å²) in [4.78, 5) is 29.3. The van der Waals surface area contributed by atoms with Crippen LogP contribution in [0.25, 0.3) is 0 Å². The molecule has 45 heavy (non-hydrogen) atoms. The zero-order chi connectivity index (χ0) is 33.6. The molecule has 0 heterocycles. The SMILES string of the molecule is CCCC(C#N)(CCCN(C)C(C)c1ccc(OC)c(OCC(=O)NCC(C)O[N+](=O)[O-])c1)c1cc(OC)c(OC)c(OC)c1. The molecule has 0 radical (unpaired) electrons. The van der Waals surface area contributed by atoms with Crippen LogP contribution in [0.1, 0.15) is 63.6 Å². The van der Waals surface area contributed by atoms with Crippen LogP contribution in [0.15, 0.2) is 30.3 Å². The quantitative estimate of drug-likeness (QED) is 0.158. The Morgan fingerprint density at radius 2 is 1.67 bits per heavy atom. The molecule has 1 N–H and O–H groups in total. The largest absolute Gasteiger partial charge is 0.493 e. The van der Waals surface area contributed by atoms with Gasteiger partial charge in [0.25, 0.3) is 11.0 Å². The number of ether oxygens (including phenoxy) is 5. The molecule has 2 rings (SSSR count). The zero-order valence-corrected chi connectivity index (χ0v) is 27.5. The molecule has 3 unspecified atom stereocenters. The smallest absolute Gasteiger partial charge is 0.294 e. The van der Waals surface area contributed by atoms with Crippen molar-refractivity contribution in [1.82, 2.24) is 10.2 Å². The molecule has 248 valence electrons. The normalized spacial score (nSPS) is 13.5. The Kier molecular flexibility index (Phi) is 14.5. The average Bonchev–Trinajstić information content (AvgIpc) is 3.04. The predicted octanol–water partition coefficient (Wildman–Crippen LogP) is 4.85. The first kappa shape index (κ1) is 36.8. The van der Waals surface area contributed by atoms with Gasteiger partial charge in [-0.15, -0.1) is 10.1 Å². The van der Waals surface area contributed by atoms with Crippen molar-refractivity contribution in [3.63, 3.8) is 0 Å². The number of nitriles is 1. The third-order valence-electron chi connectivity index (χ3n) is 7.77. The summed E-state index contributed by atoms with van der Waals surface area (Å²) < 4.78 is 27.8. The summed E-state index contributed by atoms with van der Waals surface area (Å²) in [7, 11) is 8.21. The van der Waals surface area contributed by atoms with Crippen molar-refractivity contribution < 1.29 is 38.4 Å². The summed E-state index contributed by atoms with van der Waals surface area (Å²) in [5, 5.41) is 22.6. The minimum Gasteiger partial charge on any atom is -0.493 e. The summed E-state index contributed by atoms with van der Waals surface area (Å²) in [6, 6.07) is 11.9. The van der Waals surface area contributed by atoms with Gasteiger partial charge in [0, 0.05) is 12.6 Å². The first-order valence-corrected chi connectivity index (χ1v) is 14.8. The Bertz CT molecular complexity index is 1290. The molecule has 2 aromatic carbocycles. The fraction of sp³-hybridized carbons (Fsp3) is 0.562. The van der Waals surface area contributed by atoms with Crippen LogP contribution in [0.5, 0.6) is 28.7 Å². The molecular weight excluding hydrogens is 584 g/mol. The number of nitrogens with zero attached hydrogens (tertiary/aromatic N) is 3. The highest BCUT2D eigenvalue weighted by Crippen LogP contribution is 2.44. The van der Waals surface area contributed by atoms with Gasteiger partial charge in [-0.2, -0.15) is 5.26 Å². The monoisotopic (exact) mass is 630 g/mol. The topological polar surface area (TPSA) is 155 Å². The van der Waals surface area contributed by atoms with Gasteiger partial charge < -0.3 is 33.8 Å². The van der Waals surface area contributed by atoms with Crippen molar-refractivity contribution in [2.75, 3.05) is 55.2 Å². The van der Waals surface area contributed by atoms with E-state index in [2.05, 4.69) is 35.0 Å². The molecular formula is C32H46N4O9. The second kappa shape index (κ2) is 17.8. The van der Waals surface area contributed by atoms with Gasteiger partial charge in [-0.1, -0.05) is 19.4 Å². The van der Waals surface area contributed by atoms with E-state index >= 15 is 0 Å². The molecule has 13 heteroatoms. The maximum Gasteiger partial charge on any atom is 0.294 e. The van der Waals surface area contributed by atoms with E-state index in [-0.39, 0.29) is 19.2 Å². The lowest BCUT2D eigenvalue weighted by atomic mass is 9.74. The fourth-order valence-electron chi connectivity index (χ4n) is 5.15. The number of benzene rings is 2. The molecule has 13 nitrogen and oxygen atoms in total. The number of hydrogen-bond donors (Lipinski definition) is 1. The molecule has 3 atom stereocenters. The Balaban J connectivity index is 2.13. The van der Waals surface area contributed by atoms with Crippen LogP contribution in [-0.4, -0.2) is 77.2 Å². The lowest BCUT2D eigenvalue weighted by Crippen LogP contribution is -2.36. The van der Waals surface area contributed by atoms with Gasteiger partial charge in [0.15, 0.2) is 29.6 Å².